The van der Waals surface area contributed by atoms with E-state index in [1.807, 2.05) is 44.2 Å². The van der Waals surface area contributed by atoms with Crippen molar-refractivity contribution in [3.05, 3.63) is 41.7 Å². The van der Waals surface area contributed by atoms with Crippen LogP contribution in [0.15, 0.2) is 40.4 Å². The highest BCUT2D eigenvalue weighted by atomic mass is 32.2. The Hall–Kier alpha value is -1.88. The number of hydrogen-bond acceptors (Lipinski definition) is 4. The number of benzene rings is 1. The topological polar surface area (TPSA) is 54.9 Å². The van der Waals surface area contributed by atoms with Crippen molar-refractivity contribution in [2.24, 2.45) is 5.92 Å². The lowest BCUT2D eigenvalue weighted by molar-refractivity contribution is -0.117. The first kappa shape index (κ1) is 14.1. The average Bonchev–Trinajstić information content (AvgIpc) is 3.24. The third kappa shape index (κ3) is 3.82. The summed E-state index contributed by atoms with van der Waals surface area (Å²) in [5, 5.41) is 3.69. The summed E-state index contributed by atoms with van der Waals surface area (Å²) in [5.74, 6) is 0.357. The molecule has 0 saturated heterocycles. The van der Waals surface area contributed by atoms with Gasteiger partial charge in [-0.25, -0.2) is 9.97 Å². The van der Waals surface area contributed by atoms with Gasteiger partial charge in [-0.3, -0.25) is 4.79 Å². The lowest BCUT2D eigenvalue weighted by Crippen LogP contribution is -2.12. The number of aromatic nitrogens is 2. The van der Waals surface area contributed by atoms with Crippen LogP contribution < -0.4 is 5.32 Å². The molecule has 1 aliphatic carbocycles. The molecule has 1 aromatic heterocycles. The molecule has 21 heavy (non-hydrogen) atoms. The maximum absolute atomic E-state index is 11.7. The molecule has 1 aliphatic rings. The number of amides is 1. The zero-order chi connectivity index (χ0) is 14.8. The van der Waals surface area contributed by atoms with Crippen LogP contribution >= 0.6 is 11.8 Å². The van der Waals surface area contributed by atoms with Gasteiger partial charge in [0.2, 0.25) is 5.91 Å². The van der Waals surface area contributed by atoms with Crippen molar-refractivity contribution in [1.29, 1.82) is 0 Å². The second-order valence-corrected chi connectivity index (χ2v) is 6.36. The highest BCUT2D eigenvalue weighted by molar-refractivity contribution is 7.99. The molecule has 2 aromatic rings. The molecule has 108 valence electrons. The Labute approximate surface area is 128 Å². The Morgan fingerprint density at radius 1 is 1.14 bits per heavy atom. The molecule has 1 heterocycles. The molecule has 1 aromatic carbocycles. The first-order chi connectivity index (χ1) is 10.1. The van der Waals surface area contributed by atoms with Crippen LogP contribution in [0.1, 0.15) is 24.2 Å². The number of carbonyl (C=O) groups excluding carboxylic acids is 1. The summed E-state index contributed by atoms with van der Waals surface area (Å²) < 4.78 is 0. The smallest absolute Gasteiger partial charge is 0.227 e. The van der Waals surface area contributed by atoms with Gasteiger partial charge in [-0.05, 0) is 68.8 Å². The molecule has 0 spiro atoms. The van der Waals surface area contributed by atoms with E-state index >= 15 is 0 Å². The molecule has 1 amide bonds. The third-order valence-corrected chi connectivity index (χ3v) is 4.11. The molecule has 0 atom stereocenters. The summed E-state index contributed by atoms with van der Waals surface area (Å²) >= 11 is 1.53. The van der Waals surface area contributed by atoms with Crippen molar-refractivity contribution in [1.82, 2.24) is 9.97 Å². The Bertz CT molecular complexity index is 645. The van der Waals surface area contributed by atoms with Gasteiger partial charge in [0.1, 0.15) is 0 Å². The van der Waals surface area contributed by atoms with E-state index in [9.17, 15) is 4.79 Å². The minimum Gasteiger partial charge on any atom is -0.326 e. The number of aryl methyl sites for hydroxylation is 2. The highest BCUT2D eigenvalue weighted by Gasteiger charge is 2.29. The first-order valence-corrected chi connectivity index (χ1v) is 7.83. The van der Waals surface area contributed by atoms with Crippen LogP contribution in [-0.2, 0) is 4.79 Å². The van der Waals surface area contributed by atoms with Crippen LogP contribution in [0.25, 0.3) is 0 Å². The second kappa shape index (κ2) is 5.85. The van der Waals surface area contributed by atoms with E-state index in [4.69, 9.17) is 0 Å². The summed E-state index contributed by atoms with van der Waals surface area (Å²) in [4.78, 5) is 21.6. The van der Waals surface area contributed by atoms with Gasteiger partial charge in [0, 0.05) is 27.9 Å². The molecule has 5 heteroatoms. The Morgan fingerprint density at radius 3 is 2.33 bits per heavy atom. The molecule has 0 unspecified atom stereocenters. The van der Waals surface area contributed by atoms with Gasteiger partial charge in [-0.15, -0.1) is 0 Å². The second-order valence-electron chi connectivity index (χ2n) is 5.32. The monoisotopic (exact) mass is 299 g/mol. The van der Waals surface area contributed by atoms with Gasteiger partial charge in [-0.2, -0.15) is 0 Å². The summed E-state index contributed by atoms with van der Waals surface area (Å²) in [6, 6.07) is 9.76. The molecule has 1 N–H and O–H groups in total. The van der Waals surface area contributed by atoms with E-state index < -0.39 is 0 Å². The Balaban J connectivity index is 1.67. The predicted molar refractivity (Wildman–Crippen MR) is 83.4 cm³/mol. The summed E-state index contributed by atoms with van der Waals surface area (Å²) in [6.45, 7) is 3.94. The van der Waals surface area contributed by atoms with E-state index in [0.29, 0.717) is 0 Å². The van der Waals surface area contributed by atoms with Crippen LogP contribution in [0.5, 0.6) is 0 Å². The van der Waals surface area contributed by atoms with Crippen molar-refractivity contribution in [3.8, 4) is 0 Å². The molecule has 4 nitrogen and oxygen atoms in total. The van der Waals surface area contributed by atoms with Crippen molar-refractivity contribution < 1.29 is 4.79 Å². The number of anilines is 1. The summed E-state index contributed by atoms with van der Waals surface area (Å²) in [7, 11) is 0. The normalized spacial score (nSPS) is 14.0. The SMILES string of the molecule is Cc1cc(C)nc(Sc2ccc(NC(=O)C3CC3)cc2)n1. The number of hydrogen-bond donors (Lipinski definition) is 1. The fourth-order valence-electron chi connectivity index (χ4n) is 2.04. The lowest BCUT2D eigenvalue weighted by Gasteiger charge is -2.06. The molecule has 1 fully saturated rings. The molecule has 0 bridgehead atoms. The lowest BCUT2D eigenvalue weighted by atomic mass is 10.3. The minimum atomic E-state index is 0.132. The van der Waals surface area contributed by atoms with Crippen LogP contribution in [0, 0.1) is 19.8 Å². The van der Waals surface area contributed by atoms with Gasteiger partial charge in [0.25, 0.3) is 0 Å². The predicted octanol–water partition coefficient (Wildman–Crippen LogP) is 3.59. The van der Waals surface area contributed by atoms with Crippen LogP contribution in [0.4, 0.5) is 5.69 Å². The van der Waals surface area contributed by atoms with Gasteiger partial charge in [-0.1, -0.05) is 0 Å². The van der Waals surface area contributed by atoms with Gasteiger partial charge >= 0.3 is 0 Å². The van der Waals surface area contributed by atoms with E-state index in [2.05, 4.69) is 15.3 Å². The zero-order valence-electron chi connectivity index (χ0n) is 12.1. The number of nitrogens with zero attached hydrogens (tertiary/aromatic N) is 2. The largest absolute Gasteiger partial charge is 0.326 e. The number of nitrogens with one attached hydrogen (secondary N) is 1. The van der Waals surface area contributed by atoms with Gasteiger partial charge < -0.3 is 5.32 Å². The first-order valence-electron chi connectivity index (χ1n) is 7.01. The quantitative estimate of drug-likeness (QED) is 0.877. The molecular formula is C16H17N3OS. The van der Waals surface area contributed by atoms with Gasteiger partial charge in [0.05, 0.1) is 0 Å². The van der Waals surface area contributed by atoms with E-state index in [1.54, 1.807) is 0 Å². The third-order valence-electron chi connectivity index (χ3n) is 3.24. The fourth-order valence-corrected chi connectivity index (χ4v) is 2.90. The van der Waals surface area contributed by atoms with E-state index in [-0.39, 0.29) is 11.8 Å². The Kier molecular flexibility index (Phi) is 3.92. The van der Waals surface area contributed by atoms with Crippen molar-refractivity contribution >= 4 is 23.4 Å². The zero-order valence-corrected chi connectivity index (χ0v) is 12.9. The maximum Gasteiger partial charge on any atom is 0.227 e. The minimum absolute atomic E-state index is 0.132. The fraction of sp³-hybridized carbons (Fsp3) is 0.312. The Morgan fingerprint density at radius 2 is 1.76 bits per heavy atom. The molecule has 1 saturated carbocycles. The maximum atomic E-state index is 11.7. The van der Waals surface area contributed by atoms with Crippen molar-refractivity contribution in [2.75, 3.05) is 5.32 Å². The molecule has 0 aliphatic heterocycles. The van der Waals surface area contributed by atoms with Crippen molar-refractivity contribution in [2.45, 2.75) is 36.7 Å². The highest BCUT2D eigenvalue weighted by Crippen LogP contribution is 2.31. The van der Waals surface area contributed by atoms with E-state index in [0.717, 1.165) is 40.0 Å². The van der Waals surface area contributed by atoms with Crippen LogP contribution in [0.2, 0.25) is 0 Å². The standard InChI is InChI=1S/C16H17N3OS/c1-10-9-11(2)18-16(17-10)21-14-7-5-13(6-8-14)19-15(20)12-3-4-12/h5-9,12H,3-4H2,1-2H3,(H,19,20). The summed E-state index contributed by atoms with van der Waals surface area (Å²) in [6.07, 6.45) is 2.04. The molecular weight excluding hydrogens is 282 g/mol. The van der Waals surface area contributed by atoms with E-state index in [1.165, 1.54) is 11.8 Å². The van der Waals surface area contributed by atoms with Crippen LogP contribution in [-0.4, -0.2) is 15.9 Å². The molecule has 3 rings (SSSR count). The number of rotatable bonds is 4. The molecule has 0 radical (unpaired) electrons. The van der Waals surface area contributed by atoms with Crippen molar-refractivity contribution in [3.63, 3.8) is 0 Å². The van der Waals surface area contributed by atoms with Gasteiger partial charge in [0.15, 0.2) is 5.16 Å². The number of carbonyl (C=O) groups is 1. The average molecular weight is 299 g/mol. The summed E-state index contributed by atoms with van der Waals surface area (Å²) in [5.41, 5.74) is 2.79. The van der Waals surface area contributed by atoms with Crippen LogP contribution in [0.3, 0.4) is 0 Å².